The van der Waals surface area contributed by atoms with Crippen molar-refractivity contribution in [2.45, 2.75) is 118 Å². The first-order chi connectivity index (χ1) is 31.1. The van der Waals surface area contributed by atoms with Crippen molar-refractivity contribution in [3.8, 4) is 0 Å². The maximum atomic E-state index is 13.5. The Morgan fingerprint density at radius 2 is 1.06 bits per heavy atom. The molecule has 368 valence electrons. The highest BCUT2D eigenvalue weighted by molar-refractivity contribution is 8.14. The zero-order valence-corrected chi connectivity index (χ0v) is 41.8. The quantitative estimate of drug-likeness (QED) is 0.297. The molecule has 6 saturated heterocycles. The number of fused-ring (bicyclic) bond motifs is 2. The van der Waals surface area contributed by atoms with Crippen molar-refractivity contribution in [2.75, 3.05) is 78.8 Å². The van der Waals surface area contributed by atoms with Gasteiger partial charge in [-0.25, -0.2) is 16.8 Å². The topological polar surface area (TPSA) is 149 Å². The van der Waals surface area contributed by atoms with Crippen molar-refractivity contribution in [3.05, 3.63) is 67.6 Å². The van der Waals surface area contributed by atoms with Crippen molar-refractivity contribution < 1.29 is 35.9 Å². The lowest BCUT2D eigenvalue weighted by Crippen LogP contribution is -2.72. The smallest absolute Gasteiger partial charge is 0.235 e. The third-order valence-electron chi connectivity index (χ3n) is 13.9. The fraction of sp³-hybridized carbons (Fsp3) is 0.689. The van der Waals surface area contributed by atoms with E-state index in [1.54, 1.807) is 28.6 Å². The number of piperazine rings is 2. The first kappa shape index (κ1) is 52.3. The molecule has 2 amide bonds. The molecule has 6 atom stereocenters. The number of benzene rings is 2. The second-order valence-electron chi connectivity index (χ2n) is 18.4. The van der Waals surface area contributed by atoms with Crippen LogP contribution in [0.25, 0.3) is 0 Å². The molecule has 2 saturated carbocycles. The number of halogens is 5. The Balaban J connectivity index is 0.000000171. The summed E-state index contributed by atoms with van der Waals surface area (Å²) in [6.45, 7) is 8.63. The molecule has 1 N–H and O–H groups in total. The van der Waals surface area contributed by atoms with Crippen LogP contribution in [0.4, 0.5) is 0 Å². The van der Waals surface area contributed by atoms with E-state index in [1.165, 1.54) is 12.8 Å². The number of nitrogens with one attached hydrogen (secondary N) is 1. The van der Waals surface area contributed by atoms with Crippen LogP contribution < -0.4 is 5.32 Å². The molecule has 14 nitrogen and oxygen atoms in total. The molecule has 21 heteroatoms. The van der Waals surface area contributed by atoms with Crippen molar-refractivity contribution in [3.63, 3.8) is 0 Å². The van der Waals surface area contributed by atoms with Gasteiger partial charge in [-0.15, -0.1) is 0 Å². The normalized spacial score (nSPS) is 28.5. The minimum Gasteiger partial charge on any atom is -0.378 e. The number of hydrogen-bond acceptors (Lipinski definition) is 11. The van der Waals surface area contributed by atoms with Crippen LogP contribution in [0.5, 0.6) is 0 Å². The fourth-order valence-corrected chi connectivity index (χ4v) is 14.2. The number of carbonyl (C=O) groups excluding carboxylic acids is 2. The summed E-state index contributed by atoms with van der Waals surface area (Å²) in [5, 5.41) is 4.97. The molecule has 66 heavy (non-hydrogen) atoms. The van der Waals surface area contributed by atoms with E-state index in [2.05, 4.69) is 20.0 Å². The number of rotatable bonds is 9. The molecule has 2 aromatic rings. The van der Waals surface area contributed by atoms with Gasteiger partial charge in [0, 0.05) is 36.9 Å². The average Bonchev–Trinajstić information content (AvgIpc) is 4.22. The zero-order valence-electron chi connectivity index (χ0n) is 36.3. The Labute approximate surface area is 415 Å². The molecular weight excluding hydrogens is 994 g/mol. The Hall–Kier alpha value is -1.51. The molecule has 8 aliphatic rings. The summed E-state index contributed by atoms with van der Waals surface area (Å²) in [6, 6.07) is 10.8. The van der Waals surface area contributed by atoms with Crippen LogP contribution in [0.2, 0.25) is 20.1 Å². The van der Waals surface area contributed by atoms with E-state index in [0.29, 0.717) is 66.0 Å². The number of likely N-dealkylation sites (tertiary alicyclic amines) is 2. The number of amides is 2. The third-order valence-corrected chi connectivity index (χ3v) is 19.8. The van der Waals surface area contributed by atoms with Crippen LogP contribution in [-0.4, -0.2) is 178 Å². The average molecular weight is 1060 g/mol. The summed E-state index contributed by atoms with van der Waals surface area (Å²) in [4.78, 5) is 35.5. The molecular formula is C45H63Cl5N6O8S2. The summed E-state index contributed by atoms with van der Waals surface area (Å²) in [5.74, 6) is 0.152. The van der Waals surface area contributed by atoms with Gasteiger partial charge < -0.3 is 24.6 Å². The van der Waals surface area contributed by atoms with E-state index in [4.69, 9.17) is 66.6 Å². The molecule has 0 unspecified atom stereocenters. The van der Waals surface area contributed by atoms with E-state index in [-0.39, 0.29) is 72.4 Å². The van der Waals surface area contributed by atoms with E-state index < -0.39 is 19.1 Å². The first-order valence-electron chi connectivity index (χ1n) is 22.9. The molecule has 0 spiro atoms. The van der Waals surface area contributed by atoms with Gasteiger partial charge in [0.15, 0.2) is 0 Å². The van der Waals surface area contributed by atoms with E-state index in [1.807, 2.05) is 17.0 Å². The first-order valence-corrected chi connectivity index (χ1v) is 28.3. The third kappa shape index (κ3) is 12.5. The minimum atomic E-state index is -3.36. The fourth-order valence-electron chi connectivity index (χ4n) is 10.3. The number of carbonyl (C=O) groups is 2. The standard InChI is InChI=1S/C22H29Cl2N3O4S.C19H25Cl2N3O2.C3H5ClO2S.CH4/c23-17-6-3-15(11-18(17)24)12-21(28)26-9-10-27(32(29,30)16-4-5-16)20-14-31-13-19(22(20)26)25-7-1-2-8-25;20-14-4-3-13(9-15(14)21)10-18(25)24-8-5-22-16-11-26-12-17(19(16)24)23-6-1-2-7-23;4-7(5,6)3-1-2-3;/h3,6,11,16,19-20,22H,1-2,4-5,7-10,12-14H2;3-4,9,16-17,19,22H,1-2,5-8,10-12H2;3H,1-2H2;1H4/t19-,20+,22+;16-,17+,19+;;/m01../s1. The molecule has 2 aromatic carbocycles. The van der Waals surface area contributed by atoms with Gasteiger partial charge in [-0.3, -0.25) is 19.4 Å². The molecule has 8 fully saturated rings. The van der Waals surface area contributed by atoms with Crippen molar-refractivity contribution >= 4 is 88.0 Å². The van der Waals surface area contributed by atoms with E-state index >= 15 is 0 Å². The van der Waals surface area contributed by atoms with Gasteiger partial charge >= 0.3 is 0 Å². The minimum absolute atomic E-state index is 0. The Kier molecular flexibility index (Phi) is 18.0. The monoisotopic (exact) mass is 1050 g/mol. The lowest BCUT2D eigenvalue weighted by molar-refractivity contribution is -0.147. The van der Waals surface area contributed by atoms with Crippen LogP contribution in [0.1, 0.15) is 69.9 Å². The second kappa shape index (κ2) is 22.7. The molecule has 6 heterocycles. The van der Waals surface area contributed by atoms with Gasteiger partial charge in [0.2, 0.25) is 30.9 Å². The van der Waals surface area contributed by atoms with Gasteiger partial charge in [0.25, 0.3) is 0 Å². The van der Waals surface area contributed by atoms with Crippen molar-refractivity contribution in [1.29, 1.82) is 0 Å². The summed E-state index contributed by atoms with van der Waals surface area (Å²) in [7, 11) is -1.61. The summed E-state index contributed by atoms with van der Waals surface area (Å²) < 4.78 is 60.2. The highest BCUT2D eigenvalue weighted by atomic mass is 35.7. The Morgan fingerprint density at radius 3 is 1.53 bits per heavy atom. The number of sulfonamides is 1. The SMILES string of the molecule is C.O=C(Cc1ccc(Cl)c(Cl)c1)N1CCN(S(=O)(=O)C2CC2)[C@@H]2COC[C@H](N3CCCC3)[C@H]21.O=C(Cc1ccc(Cl)c(Cl)c1)N1CCN[C@@H]2COC[C@H](N3CCCC3)[C@H]21.O=S(=O)(Cl)C1CC1. The number of nitrogens with zero attached hydrogens (tertiary/aromatic N) is 5. The molecule has 0 aromatic heterocycles. The van der Waals surface area contributed by atoms with Crippen LogP contribution in [0.15, 0.2) is 36.4 Å². The largest absolute Gasteiger partial charge is 0.378 e. The lowest BCUT2D eigenvalue weighted by Gasteiger charge is -2.53. The lowest BCUT2D eigenvalue weighted by atomic mass is 9.92. The van der Waals surface area contributed by atoms with Gasteiger partial charge in [-0.05, 0) is 113 Å². The number of hydrogen-bond donors (Lipinski definition) is 1. The Bertz CT molecular complexity index is 2250. The molecule has 2 aliphatic carbocycles. The van der Waals surface area contributed by atoms with Crippen LogP contribution in [0.3, 0.4) is 0 Å². The Morgan fingerprint density at radius 1 is 0.591 bits per heavy atom. The summed E-state index contributed by atoms with van der Waals surface area (Å²) in [5.41, 5.74) is 1.71. The zero-order chi connectivity index (χ0) is 46.0. The highest BCUT2D eigenvalue weighted by Gasteiger charge is 2.53. The highest BCUT2D eigenvalue weighted by Crippen LogP contribution is 2.38. The van der Waals surface area contributed by atoms with Gasteiger partial charge in [0.05, 0.1) is 106 Å². The van der Waals surface area contributed by atoms with Crippen molar-refractivity contribution in [2.24, 2.45) is 0 Å². The summed E-state index contributed by atoms with van der Waals surface area (Å²) >= 11 is 24.3. The predicted octanol–water partition coefficient (Wildman–Crippen LogP) is 5.96. The van der Waals surface area contributed by atoms with Gasteiger partial charge in [-0.2, -0.15) is 4.31 Å². The van der Waals surface area contributed by atoms with Gasteiger partial charge in [0.1, 0.15) is 0 Å². The van der Waals surface area contributed by atoms with Crippen LogP contribution >= 0.6 is 57.1 Å². The summed E-state index contributed by atoms with van der Waals surface area (Å²) in [6.07, 6.45) is 8.25. The van der Waals surface area contributed by atoms with E-state index in [0.717, 1.165) is 88.9 Å². The van der Waals surface area contributed by atoms with Gasteiger partial charge in [-0.1, -0.05) is 66.0 Å². The number of ether oxygens (including phenoxy) is 2. The maximum Gasteiger partial charge on any atom is 0.235 e. The van der Waals surface area contributed by atoms with Crippen LogP contribution in [0, 0.1) is 0 Å². The maximum absolute atomic E-state index is 13.5. The van der Waals surface area contributed by atoms with Crippen molar-refractivity contribution in [1.82, 2.24) is 29.2 Å². The second-order valence-corrected chi connectivity index (χ2v) is 25.1. The van der Waals surface area contributed by atoms with Crippen LogP contribution in [-0.2, 0) is 51.0 Å². The predicted molar refractivity (Wildman–Crippen MR) is 261 cm³/mol. The molecule has 6 aliphatic heterocycles. The van der Waals surface area contributed by atoms with E-state index in [9.17, 15) is 26.4 Å². The molecule has 0 bridgehead atoms. The molecule has 0 radical (unpaired) electrons. The molecule has 10 rings (SSSR count).